The van der Waals surface area contributed by atoms with Crippen LogP contribution in [0.4, 0.5) is 0 Å². The van der Waals surface area contributed by atoms with Crippen LogP contribution in [0.15, 0.2) is 24.4 Å². The molecule has 0 bridgehead atoms. The van der Waals surface area contributed by atoms with Gasteiger partial charge in [0.25, 0.3) is 0 Å². The Morgan fingerprint density at radius 2 is 2.38 bits per heavy atom. The standard InChI is InChI=1S/C11H17N3O2/c1-10(15)16-14(8-4-6-12)9-11-5-2-3-7-13-11/h2-3,5,7H,4,6,8-9,12H2,1H3. The van der Waals surface area contributed by atoms with Crippen LogP contribution >= 0.6 is 0 Å². The quantitative estimate of drug-likeness (QED) is 0.719. The van der Waals surface area contributed by atoms with Gasteiger partial charge in [0.05, 0.1) is 12.2 Å². The molecular formula is C11H17N3O2. The summed E-state index contributed by atoms with van der Waals surface area (Å²) in [5, 5.41) is 1.58. The van der Waals surface area contributed by atoms with Gasteiger partial charge in [-0.3, -0.25) is 9.78 Å². The molecule has 5 heteroatoms. The zero-order valence-corrected chi connectivity index (χ0v) is 9.43. The third kappa shape index (κ3) is 4.86. The number of carbonyl (C=O) groups is 1. The van der Waals surface area contributed by atoms with Gasteiger partial charge in [-0.2, -0.15) is 0 Å². The van der Waals surface area contributed by atoms with Crippen molar-refractivity contribution in [3.63, 3.8) is 0 Å². The molecule has 5 nitrogen and oxygen atoms in total. The predicted octanol–water partition coefficient (Wildman–Crippen LogP) is 0.710. The van der Waals surface area contributed by atoms with Crippen molar-refractivity contribution in [3.05, 3.63) is 30.1 Å². The zero-order chi connectivity index (χ0) is 11.8. The van der Waals surface area contributed by atoms with E-state index < -0.39 is 0 Å². The van der Waals surface area contributed by atoms with Gasteiger partial charge in [0.2, 0.25) is 0 Å². The van der Waals surface area contributed by atoms with Crippen LogP contribution in [0.5, 0.6) is 0 Å². The van der Waals surface area contributed by atoms with Gasteiger partial charge in [-0.25, -0.2) is 0 Å². The smallest absolute Gasteiger partial charge is 0.322 e. The molecule has 1 aromatic heterocycles. The second-order valence-electron chi connectivity index (χ2n) is 3.41. The number of hydroxylamine groups is 2. The molecular weight excluding hydrogens is 206 g/mol. The van der Waals surface area contributed by atoms with Gasteiger partial charge < -0.3 is 10.6 Å². The van der Waals surface area contributed by atoms with E-state index in [2.05, 4.69) is 4.98 Å². The summed E-state index contributed by atoms with van der Waals surface area (Å²) in [6.45, 7) is 3.06. The van der Waals surface area contributed by atoms with Crippen molar-refractivity contribution in [2.24, 2.45) is 5.73 Å². The Morgan fingerprint density at radius 3 is 2.94 bits per heavy atom. The molecule has 0 saturated heterocycles. The highest BCUT2D eigenvalue weighted by Crippen LogP contribution is 2.02. The summed E-state index contributed by atoms with van der Waals surface area (Å²) in [6, 6.07) is 5.63. The van der Waals surface area contributed by atoms with Gasteiger partial charge in [0.1, 0.15) is 0 Å². The molecule has 0 aliphatic carbocycles. The first-order valence-corrected chi connectivity index (χ1v) is 5.26. The topological polar surface area (TPSA) is 68.5 Å². The van der Waals surface area contributed by atoms with Crippen LogP contribution in [0.1, 0.15) is 19.0 Å². The van der Waals surface area contributed by atoms with Gasteiger partial charge in [0.15, 0.2) is 0 Å². The predicted molar refractivity (Wildman–Crippen MR) is 60.1 cm³/mol. The molecule has 0 fully saturated rings. The van der Waals surface area contributed by atoms with E-state index in [1.54, 1.807) is 11.3 Å². The maximum atomic E-state index is 10.9. The molecule has 1 heterocycles. The molecule has 0 atom stereocenters. The highest BCUT2D eigenvalue weighted by molar-refractivity contribution is 5.65. The fourth-order valence-corrected chi connectivity index (χ4v) is 1.28. The van der Waals surface area contributed by atoms with E-state index in [1.165, 1.54) is 6.92 Å². The zero-order valence-electron chi connectivity index (χ0n) is 9.43. The number of pyridine rings is 1. The van der Waals surface area contributed by atoms with E-state index >= 15 is 0 Å². The van der Waals surface area contributed by atoms with Crippen molar-refractivity contribution in [1.29, 1.82) is 0 Å². The second kappa shape index (κ2) is 6.92. The molecule has 16 heavy (non-hydrogen) atoms. The third-order valence-corrected chi connectivity index (χ3v) is 1.93. The van der Waals surface area contributed by atoms with Crippen LogP contribution < -0.4 is 5.73 Å². The lowest BCUT2D eigenvalue weighted by Crippen LogP contribution is -2.28. The van der Waals surface area contributed by atoms with Gasteiger partial charge in [-0.05, 0) is 25.1 Å². The van der Waals surface area contributed by atoms with Crippen molar-refractivity contribution >= 4 is 5.97 Å². The number of nitrogens with two attached hydrogens (primary N) is 1. The summed E-state index contributed by atoms with van der Waals surface area (Å²) in [7, 11) is 0. The molecule has 2 N–H and O–H groups in total. The van der Waals surface area contributed by atoms with E-state index in [0.717, 1.165) is 12.1 Å². The summed E-state index contributed by atoms with van der Waals surface area (Å²) >= 11 is 0. The van der Waals surface area contributed by atoms with Crippen LogP contribution in [0.2, 0.25) is 0 Å². The summed E-state index contributed by atoms with van der Waals surface area (Å²) in [6.07, 6.45) is 2.49. The average Bonchev–Trinajstić information content (AvgIpc) is 2.26. The molecule has 0 aliphatic rings. The van der Waals surface area contributed by atoms with E-state index in [-0.39, 0.29) is 5.97 Å². The molecule has 0 unspecified atom stereocenters. The molecule has 1 rings (SSSR count). The minimum Gasteiger partial charge on any atom is -0.368 e. The molecule has 0 spiro atoms. The minimum absolute atomic E-state index is 0.326. The van der Waals surface area contributed by atoms with E-state index in [1.807, 2.05) is 18.2 Å². The summed E-state index contributed by atoms with van der Waals surface area (Å²) < 4.78 is 0. The second-order valence-corrected chi connectivity index (χ2v) is 3.41. The average molecular weight is 223 g/mol. The van der Waals surface area contributed by atoms with Crippen LogP contribution in [0.3, 0.4) is 0 Å². The molecule has 0 aromatic carbocycles. The Labute approximate surface area is 95.2 Å². The van der Waals surface area contributed by atoms with E-state index in [0.29, 0.717) is 19.6 Å². The van der Waals surface area contributed by atoms with E-state index in [4.69, 9.17) is 10.6 Å². The van der Waals surface area contributed by atoms with Crippen molar-refractivity contribution in [3.8, 4) is 0 Å². The Bertz CT molecular complexity index is 316. The summed E-state index contributed by atoms with van der Waals surface area (Å²) in [4.78, 5) is 20.1. The maximum absolute atomic E-state index is 10.9. The molecule has 0 amide bonds. The minimum atomic E-state index is -0.326. The fourth-order valence-electron chi connectivity index (χ4n) is 1.28. The van der Waals surface area contributed by atoms with Crippen molar-refractivity contribution in [2.45, 2.75) is 19.9 Å². The van der Waals surface area contributed by atoms with Crippen molar-refractivity contribution in [1.82, 2.24) is 10.0 Å². The lowest BCUT2D eigenvalue weighted by Gasteiger charge is -2.19. The Morgan fingerprint density at radius 1 is 1.56 bits per heavy atom. The van der Waals surface area contributed by atoms with Crippen molar-refractivity contribution < 1.29 is 9.63 Å². The SMILES string of the molecule is CC(=O)ON(CCCN)Cc1ccccn1. The molecule has 1 aromatic rings. The Balaban J connectivity index is 2.52. The molecule has 0 aliphatic heterocycles. The van der Waals surface area contributed by atoms with E-state index in [9.17, 15) is 4.79 Å². The van der Waals surface area contributed by atoms with Gasteiger partial charge in [0, 0.05) is 19.7 Å². The fraction of sp³-hybridized carbons (Fsp3) is 0.455. The largest absolute Gasteiger partial charge is 0.368 e. The van der Waals surface area contributed by atoms with Crippen LogP contribution in [0.25, 0.3) is 0 Å². The number of nitrogens with zero attached hydrogens (tertiary/aromatic N) is 2. The first kappa shape index (κ1) is 12.6. The van der Waals surface area contributed by atoms with Gasteiger partial charge >= 0.3 is 5.97 Å². The maximum Gasteiger partial charge on any atom is 0.322 e. The lowest BCUT2D eigenvalue weighted by atomic mass is 10.3. The Kier molecular flexibility index (Phi) is 5.45. The number of carbonyl (C=O) groups excluding carboxylic acids is 1. The monoisotopic (exact) mass is 223 g/mol. The lowest BCUT2D eigenvalue weighted by molar-refractivity contribution is -0.191. The summed E-state index contributed by atoms with van der Waals surface area (Å²) in [5.41, 5.74) is 6.28. The van der Waals surface area contributed by atoms with Crippen LogP contribution in [0, 0.1) is 0 Å². The molecule has 0 saturated carbocycles. The number of hydrogen-bond donors (Lipinski definition) is 1. The number of rotatable bonds is 6. The first-order valence-electron chi connectivity index (χ1n) is 5.26. The molecule has 88 valence electrons. The highest BCUT2D eigenvalue weighted by atomic mass is 16.7. The van der Waals surface area contributed by atoms with Crippen LogP contribution in [-0.2, 0) is 16.2 Å². The summed E-state index contributed by atoms with van der Waals surface area (Å²) in [5.74, 6) is -0.326. The Hall–Kier alpha value is -1.46. The van der Waals surface area contributed by atoms with Gasteiger partial charge in [-0.15, -0.1) is 5.06 Å². The highest BCUT2D eigenvalue weighted by Gasteiger charge is 2.09. The number of hydrogen-bond acceptors (Lipinski definition) is 5. The van der Waals surface area contributed by atoms with Crippen LogP contribution in [-0.4, -0.2) is 29.1 Å². The third-order valence-electron chi connectivity index (χ3n) is 1.93. The van der Waals surface area contributed by atoms with Gasteiger partial charge in [-0.1, -0.05) is 6.07 Å². The first-order chi connectivity index (χ1) is 7.72. The number of aromatic nitrogens is 1. The van der Waals surface area contributed by atoms with Crippen molar-refractivity contribution in [2.75, 3.05) is 13.1 Å². The normalized spacial score (nSPS) is 10.4. The molecule has 0 radical (unpaired) electrons.